The second-order valence-electron chi connectivity index (χ2n) is 4.87. The van der Waals surface area contributed by atoms with Crippen LogP contribution in [-0.2, 0) is 0 Å². The van der Waals surface area contributed by atoms with Crippen LogP contribution < -0.4 is 0 Å². The highest BCUT2D eigenvalue weighted by atomic mass is 35.5. The minimum absolute atomic E-state index is 0.209. The lowest BCUT2D eigenvalue weighted by atomic mass is 10.1. The van der Waals surface area contributed by atoms with Gasteiger partial charge < -0.3 is 5.11 Å². The molecule has 3 aromatic rings. The Kier molecular flexibility index (Phi) is 3.69. The van der Waals surface area contributed by atoms with Crippen molar-refractivity contribution in [3.05, 3.63) is 70.9 Å². The van der Waals surface area contributed by atoms with Crippen molar-refractivity contribution in [2.45, 2.75) is 6.92 Å². The number of aryl methyl sites for hydroxylation is 1. The predicted octanol–water partition coefficient (Wildman–Crippen LogP) is 4.20. The maximum absolute atomic E-state index is 11.6. The molecule has 0 fully saturated rings. The zero-order chi connectivity index (χ0) is 15.7. The molecule has 1 heterocycles. The van der Waals surface area contributed by atoms with Gasteiger partial charge in [0.15, 0.2) is 0 Å². The van der Waals surface area contributed by atoms with E-state index in [0.717, 1.165) is 11.3 Å². The van der Waals surface area contributed by atoms with Crippen LogP contribution in [0, 0.1) is 6.92 Å². The van der Waals surface area contributed by atoms with E-state index in [0.29, 0.717) is 16.4 Å². The predicted molar refractivity (Wildman–Crippen MR) is 85.7 cm³/mol. The molecular weight excluding hydrogens is 300 g/mol. The Labute approximate surface area is 132 Å². The van der Waals surface area contributed by atoms with E-state index in [1.54, 1.807) is 23.7 Å². The number of carboxylic acids is 1. The van der Waals surface area contributed by atoms with Gasteiger partial charge in [0.05, 0.1) is 17.1 Å². The maximum Gasteiger partial charge on any atom is 0.339 e. The van der Waals surface area contributed by atoms with Crippen LogP contribution in [0.1, 0.15) is 16.1 Å². The van der Waals surface area contributed by atoms with Crippen molar-refractivity contribution in [3.8, 4) is 16.9 Å². The summed E-state index contributed by atoms with van der Waals surface area (Å²) in [6.45, 7) is 1.70. The van der Waals surface area contributed by atoms with E-state index >= 15 is 0 Å². The molecule has 0 saturated heterocycles. The minimum atomic E-state index is -0.989. The smallest absolute Gasteiger partial charge is 0.339 e. The summed E-state index contributed by atoms with van der Waals surface area (Å²) in [6.07, 6.45) is 0. The fourth-order valence-corrected chi connectivity index (χ4v) is 2.54. The van der Waals surface area contributed by atoms with Crippen molar-refractivity contribution in [2.24, 2.45) is 0 Å². The van der Waals surface area contributed by atoms with Gasteiger partial charge >= 0.3 is 5.97 Å². The number of hydrogen-bond donors (Lipinski definition) is 1. The van der Waals surface area contributed by atoms with Gasteiger partial charge in [-0.1, -0.05) is 41.9 Å². The topological polar surface area (TPSA) is 55.1 Å². The van der Waals surface area contributed by atoms with Crippen LogP contribution in [0.5, 0.6) is 0 Å². The molecular formula is C17H13ClN2O2. The second-order valence-corrected chi connectivity index (χ2v) is 5.30. The van der Waals surface area contributed by atoms with E-state index in [2.05, 4.69) is 5.10 Å². The first-order valence-electron chi connectivity index (χ1n) is 6.72. The zero-order valence-electron chi connectivity index (χ0n) is 11.8. The number of nitrogens with zero attached hydrogens (tertiary/aromatic N) is 2. The molecule has 0 aliphatic carbocycles. The highest BCUT2D eigenvalue weighted by Gasteiger charge is 2.22. The summed E-state index contributed by atoms with van der Waals surface area (Å²) in [6, 6.07) is 16.5. The third kappa shape index (κ3) is 2.49. The van der Waals surface area contributed by atoms with Crippen LogP contribution in [0.4, 0.5) is 0 Å². The molecule has 0 spiro atoms. The molecule has 0 bridgehead atoms. The van der Waals surface area contributed by atoms with Crippen molar-refractivity contribution in [1.82, 2.24) is 9.78 Å². The Balaban J connectivity index is 2.29. The van der Waals surface area contributed by atoms with E-state index in [1.165, 1.54) is 0 Å². The quantitative estimate of drug-likeness (QED) is 0.788. The largest absolute Gasteiger partial charge is 0.478 e. The summed E-state index contributed by atoms with van der Waals surface area (Å²) < 4.78 is 1.64. The van der Waals surface area contributed by atoms with Crippen LogP contribution >= 0.6 is 11.6 Å². The fourth-order valence-electron chi connectivity index (χ4n) is 2.42. The first kappa shape index (κ1) is 14.4. The molecule has 1 aromatic heterocycles. The molecule has 0 saturated carbocycles. The monoisotopic (exact) mass is 312 g/mol. The summed E-state index contributed by atoms with van der Waals surface area (Å²) in [5, 5.41) is 14.6. The third-order valence-electron chi connectivity index (χ3n) is 3.39. The van der Waals surface area contributed by atoms with Crippen molar-refractivity contribution in [1.29, 1.82) is 0 Å². The lowest BCUT2D eigenvalue weighted by Crippen LogP contribution is -2.03. The van der Waals surface area contributed by atoms with Crippen LogP contribution in [0.2, 0.25) is 5.02 Å². The van der Waals surface area contributed by atoms with E-state index < -0.39 is 5.97 Å². The molecule has 3 rings (SSSR count). The Bertz CT molecular complexity index is 824. The van der Waals surface area contributed by atoms with Crippen molar-refractivity contribution >= 4 is 17.6 Å². The van der Waals surface area contributed by atoms with Crippen LogP contribution in [-0.4, -0.2) is 20.9 Å². The summed E-state index contributed by atoms with van der Waals surface area (Å²) in [4.78, 5) is 11.6. The molecule has 110 valence electrons. The molecule has 5 heteroatoms. The van der Waals surface area contributed by atoms with Gasteiger partial charge in [0.1, 0.15) is 5.56 Å². The number of halogens is 1. The van der Waals surface area contributed by atoms with Crippen LogP contribution in [0.15, 0.2) is 54.6 Å². The van der Waals surface area contributed by atoms with Gasteiger partial charge in [-0.05, 0) is 31.2 Å². The molecule has 22 heavy (non-hydrogen) atoms. The molecule has 2 aromatic carbocycles. The van der Waals surface area contributed by atoms with E-state index in [4.69, 9.17) is 11.6 Å². The SMILES string of the molecule is Cc1nn(-c2ccc(Cl)cc2)c(-c2ccccc2)c1C(=O)O. The minimum Gasteiger partial charge on any atom is -0.478 e. The number of carboxylic acid groups (broad SMARTS) is 1. The van der Waals surface area contributed by atoms with E-state index in [1.807, 2.05) is 42.5 Å². The van der Waals surface area contributed by atoms with Crippen LogP contribution in [0.3, 0.4) is 0 Å². The standard InChI is InChI=1S/C17H13ClN2O2/c1-11-15(17(21)22)16(12-5-3-2-4-6-12)20(19-11)14-9-7-13(18)8-10-14/h2-10H,1H3,(H,21,22). The number of aromatic nitrogens is 2. The Morgan fingerprint density at radius 1 is 1.09 bits per heavy atom. The van der Waals surface area contributed by atoms with Crippen LogP contribution in [0.25, 0.3) is 16.9 Å². The fraction of sp³-hybridized carbons (Fsp3) is 0.0588. The molecule has 0 amide bonds. The lowest BCUT2D eigenvalue weighted by molar-refractivity contribution is 0.0697. The van der Waals surface area contributed by atoms with E-state index in [-0.39, 0.29) is 5.56 Å². The first-order chi connectivity index (χ1) is 10.6. The van der Waals surface area contributed by atoms with Crippen molar-refractivity contribution < 1.29 is 9.90 Å². The Morgan fingerprint density at radius 3 is 2.32 bits per heavy atom. The summed E-state index contributed by atoms with van der Waals surface area (Å²) in [5.74, 6) is -0.989. The zero-order valence-corrected chi connectivity index (χ0v) is 12.6. The van der Waals surface area contributed by atoms with Gasteiger partial charge in [-0.15, -0.1) is 0 Å². The second kappa shape index (κ2) is 5.66. The highest BCUT2D eigenvalue weighted by molar-refractivity contribution is 6.30. The van der Waals surface area contributed by atoms with Gasteiger partial charge in [0.25, 0.3) is 0 Å². The summed E-state index contributed by atoms with van der Waals surface area (Å²) in [7, 11) is 0. The van der Waals surface area contributed by atoms with Gasteiger partial charge in [0.2, 0.25) is 0 Å². The molecule has 4 nitrogen and oxygen atoms in total. The normalized spacial score (nSPS) is 10.6. The average molecular weight is 313 g/mol. The van der Waals surface area contributed by atoms with Crippen molar-refractivity contribution in [3.63, 3.8) is 0 Å². The Morgan fingerprint density at radius 2 is 1.73 bits per heavy atom. The molecule has 0 aliphatic heterocycles. The number of hydrogen-bond acceptors (Lipinski definition) is 2. The van der Waals surface area contributed by atoms with Gasteiger partial charge in [-0.3, -0.25) is 0 Å². The molecule has 0 radical (unpaired) electrons. The number of carbonyl (C=O) groups is 1. The molecule has 1 N–H and O–H groups in total. The number of rotatable bonds is 3. The summed E-state index contributed by atoms with van der Waals surface area (Å²) >= 11 is 5.92. The van der Waals surface area contributed by atoms with Crippen molar-refractivity contribution in [2.75, 3.05) is 0 Å². The van der Waals surface area contributed by atoms with Gasteiger partial charge in [0, 0.05) is 10.6 Å². The third-order valence-corrected chi connectivity index (χ3v) is 3.64. The maximum atomic E-state index is 11.6. The molecule has 0 unspecified atom stereocenters. The number of benzene rings is 2. The van der Waals surface area contributed by atoms with Gasteiger partial charge in [-0.2, -0.15) is 5.10 Å². The first-order valence-corrected chi connectivity index (χ1v) is 7.10. The molecule has 0 aliphatic rings. The summed E-state index contributed by atoms with van der Waals surface area (Å²) in [5.41, 5.74) is 2.81. The van der Waals surface area contributed by atoms with E-state index in [9.17, 15) is 9.90 Å². The number of aromatic carboxylic acids is 1. The highest BCUT2D eigenvalue weighted by Crippen LogP contribution is 2.29. The lowest BCUT2D eigenvalue weighted by Gasteiger charge is -2.09. The Hall–Kier alpha value is -2.59. The molecule has 0 atom stereocenters. The van der Waals surface area contributed by atoms with Gasteiger partial charge in [-0.25, -0.2) is 9.48 Å². The average Bonchev–Trinajstić information content (AvgIpc) is 2.86.